The van der Waals surface area contributed by atoms with Gasteiger partial charge in [-0.05, 0) is 117 Å². The lowest BCUT2D eigenvalue weighted by Crippen LogP contribution is -2.77. The van der Waals surface area contributed by atoms with E-state index in [2.05, 4.69) is 269 Å². The van der Waals surface area contributed by atoms with Crippen LogP contribution in [-0.4, -0.2) is 23.9 Å². The molecule has 340 valence electrons. The third kappa shape index (κ3) is 5.57. The van der Waals surface area contributed by atoms with Gasteiger partial charge in [0.2, 0.25) is 0 Å². The molecule has 0 saturated heterocycles. The molecule has 3 aliphatic rings. The molecule has 0 atom stereocenters. The van der Waals surface area contributed by atoms with E-state index >= 15 is 0 Å². The number of hydrogen-bond acceptors (Lipinski definition) is 3. The molecule has 5 heterocycles. The summed E-state index contributed by atoms with van der Waals surface area (Å²) < 4.78 is 19.1. The maximum Gasteiger partial charge on any atom is 0.260 e. The number of benzene rings is 11. The van der Waals surface area contributed by atoms with Gasteiger partial charge in [-0.25, -0.2) is 0 Å². The highest BCUT2D eigenvalue weighted by Gasteiger charge is 2.51. The largest absolute Gasteiger partial charge is 0.458 e. The van der Waals surface area contributed by atoms with Crippen LogP contribution in [0.15, 0.2) is 255 Å². The van der Waals surface area contributed by atoms with Crippen molar-refractivity contribution in [2.24, 2.45) is 0 Å². The van der Waals surface area contributed by atoms with E-state index < -0.39 is 8.07 Å². The molecule has 0 N–H and O–H groups in total. The summed E-state index contributed by atoms with van der Waals surface area (Å²) >= 11 is 0. The molecule has 73 heavy (non-hydrogen) atoms. The van der Waals surface area contributed by atoms with Crippen molar-refractivity contribution in [3.63, 3.8) is 0 Å². The van der Waals surface area contributed by atoms with Crippen LogP contribution in [0.2, 0.25) is 0 Å². The number of nitrogens with zero attached hydrogens (tertiary/aromatic N) is 3. The Hall–Kier alpha value is -9.30. The van der Waals surface area contributed by atoms with Gasteiger partial charge in [0.25, 0.3) is 6.71 Å². The Labute approximate surface area is 423 Å². The third-order valence-corrected chi connectivity index (χ3v) is 20.7. The van der Waals surface area contributed by atoms with Gasteiger partial charge in [0.05, 0.1) is 27.8 Å². The number of para-hydroxylation sites is 6. The van der Waals surface area contributed by atoms with E-state index in [0.717, 1.165) is 67.8 Å². The number of rotatable bonds is 5. The van der Waals surface area contributed by atoms with Gasteiger partial charge in [-0.1, -0.05) is 170 Å². The normalized spacial score (nSPS) is 13.8. The van der Waals surface area contributed by atoms with Gasteiger partial charge >= 0.3 is 0 Å². The Morgan fingerprint density at radius 2 is 0.726 bits per heavy atom. The second-order valence-corrected chi connectivity index (χ2v) is 23.2. The molecule has 0 amide bonds. The summed E-state index contributed by atoms with van der Waals surface area (Å²) in [6.45, 7) is -0.0824. The molecular formula is C66H42BN3O2Si. The number of aromatic nitrogens is 2. The summed E-state index contributed by atoms with van der Waals surface area (Å²) in [4.78, 5) is 2.51. The number of ether oxygens (including phenoxy) is 2. The first kappa shape index (κ1) is 40.4. The molecular weight excluding hydrogens is 906 g/mol. The van der Waals surface area contributed by atoms with Crippen LogP contribution in [0.4, 0.5) is 17.1 Å². The summed E-state index contributed by atoms with van der Waals surface area (Å²) in [6.07, 6.45) is 0. The van der Waals surface area contributed by atoms with Gasteiger partial charge in [-0.15, -0.1) is 0 Å². The summed E-state index contributed by atoms with van der Waals surface area (Å²) in [5.74, 6) is 3.35. The number of hydrogen-bond donors (Lipinski definition) is 0. The van der Waals surface area contributed by atoms with Gasteiger partial charge in [-0.3, -0.25) is 0 Å². The summed E-state index contributed by atoms with van der Waals surface area (Å²) in [7, 11) is -3.30. The van der Waals surface area contributed by atoms with E-state index in [1.807, 2.05) is 0 Å². The van der Waals surface area contributed by atoms with Gasteiger partial charge < -0.3 is 23.5 Å². The van der Waals surface area contributed by atoms with Gasteiger partial charge in [0, 0.05) is 49.8 Å². The van der Waals surface area contributed by atoms with E-state index in [1.165, 1.54) is 64.4 Å². The highest BCUT2D eigenvalue weighted by atomic mass is 28.3. The summed E-state index contributed by atoms with van der Waals surface area (Å²) in [6, 6.07) is 93.9. The number of fused-ring (bicyclic) bond motifs is 12. The SMILES string of the molecule is c1ccc([Si]2(c3ccccc3)c3cc(-n4c5ccccc5c5ccccc54)ccc3N(c3ccc4c5c3Oc3ccccc3B5c3ccccc3O4)c3ccc(-n4c5ccccc5c5ccccc54)cc32)cc1. The quantitative estimate of drug-likeness (QED) is 0.161. The van der Waals surface area contributed by atoms with Crippen molar-refractivity contribution in [3.05, 3.63) is 255 Å². The lowest BCUT2D eigenvalue weighted by Gasteiger charge is -2.46. The first-order valence-corrected chi connectivity index (χ1v) is 27.1. The maximum absolute atomic E-state index is 7.31. The van der Waals surface area contributed by atoms with Crippen LogP contribution in [0.25, 0.3) is 55.0 Å². The van der Waals surface area contributed by atoms with Crippen LogP contribution < -0.4 is 51.5 Å². The molecule has 5 nitrogen and oxygen atoms in total. The minimum absolute atomic E-state index is 0.0824. The van der Waals surface area contributed by atoms with Crippen LogP contribution >= 0.6 is 0 Å². The minimum atomic E-state index is -3.30. The average Bonchev–Trinajstić information content (AvgIpc) is 3.98. The smallest absolute Gasteiger partial charge is 0.260 e. The van der Waals surface area contributed by atoms with Crippen molar-refractivity contribution in [1.82, 2.24) is 9.13 Å². The molecule has 0 bridgehead atoms. The fraction of sp³-hybridized carbons (Fsp3) is 0. The topological polar surface area (TPSA) is 31.6 Å². The predicted molar refractivity (Wildman–Crippen MR) is 305 cm³/mol. The van der Waals surface area contributed by atoms with Crippen molar-refractivity contribution < 1.29 is 9.47 Å². The van der Waals surface area contributed by atoms with E-state index in [1.54, 1.807) is 0 Å². The van der Waals surface area contributed by atoms with Crippen molar-refractivity contribution in [2.45, 2.75) is 0 Å². The van der Waals surface area contributed by atoms with Crippen LogP contribution in [0, 0.1) is 0 Å². The number of anilines is 3. The van der Waals surface area contributed by atoms with Crippen molar-refractivity contribution in [1.29, 1.82) is 0 Å². The Bertz CT molecular complexity index is 4110. The molecule has 0 unspecified atom stereocenters. The second kappa shape index (κ2) is 15.4. The molecule has 13 aromatic rings. The van der Waals surface area contributed by atoms with Crippen molar-refractivity contribution in [2.75, 3.05) is 4.90 Å². The van der Waals surface area contributed by atoms with Crippen molar-refractivity contribution in [3.8, 4) is 34.4 Å². The van der Waals surface area contributed by atoms with Crippen molar-refractivity contribution >= 4 is 113 Å². The lowest BCUT2D eigenvalue weighted by molar-refractivity contribution is 0.465. The molecule has 11 aromatic carbocycles. The maximum atomic E-state index is 7.31. The fourth-order valence-corrected chi connectivity index (χ4v) is 18.1. The highest BCUT2D eigenvalue weighted by molar-refractivity contribution is 7.21. The lowest BCUT2D eigenvalue weighted by atomic mass is 9.35. The third-order valence-electron chi connectivity index (χ3n) is 15.9. The Morgan fingerprint density at radius 1 is 0.329 bits per heavy atom. The Kier molecular flexibility index (Phi) is 8.50. The van der Waals surface area contributed by atoms with Gasteiger partial charge in [-0.2, -0.15) is 0 Å². The molecule has 0 saturated carbocycles. The van der Waals surface area contributed by atoms with E-state index in [-0.39, 0.29) is 6.71 Å². The Morgan fingerprint density at radius 3 is 1.21 bits per heavy atom. The average molecular weight is 948 g/mol. The first-order valence-electron chi connectivity index (χ1n) is 25.1. The molecule has 0 fully saturated rings. The summed E-state index contributed by atoms with van der Waals surface area (Å²) in [5, 5.41) is 10.1. The van der Waals surface area contributed by atoms with Crippen LogP contribution in [-0.2, 0) is 0 Å². The summed E-state index contributed by atoms with van der Waals surface area (Å²) in [5.41, 5.74) is 13.4. The van der Waals surface area contributed by atoms with E-state index in [9.17, 15) is 0 Å². The monoisotopic (exact) mass is 947 g/mol. The van der Waals surface area contributed by atoms with E-state index in [0.29, 0.717) is 0 Å². The van der Waals surface area contributed by atoms with Crippen LogP contribution in [0.5, 0.6) is 23.0 Å². The molecule has 0 spiro atoms. The zero-order chi connectivity index (χ0) is 47.8. The Balaban J connectivity index is 1.05. The van der Waals surface area contributed by atoms with Gasteiger partial charge in [0.1, 0.15) is 23.0 Å². The molecule has 0 aliphatic carbocycles. The zero-order valence-corrected chi connectivity index (χ0v) is 40.5. The minimum Gasteiger partial charge on any atom is -0.458 e. The zero-order valence-electron chi connectivity index (χ0n) is 39.5. The predicted octanol–water partition coefficient (Wildman–Crippen LogP) is 11.8. The molecule has 3 aliphatic heterocycles. The first-order chi connectivity index (χ1) is 36.2. The molecule has 16 rings (SSSR count). The molecule has 0 radical (unpaired) electrons. The second-order valence-electron chi connectivity index (χ2n) is 19.5. The fourth-order valence-electron chi connectivity index (χ4n) is 13.0. The van der Waals surface area contributed by atoms with Crippen LogP contribution in [0.3, 0.4) is 0 Å². The standard InChI is InChI=1S/C66H42BN3O2Si/c1-3-19-45(20-4-1)73(46-21-5-2-6-22-46)63-41-43(68-53-29-13-7-23-47(53)48-24-8-14-30-54(48)68)35-37-57(63)70(58-38-36-44(42-64(58)73)69-55-31-15-9-25-49(55)50-26-10-16-32-56(50)69)59-39-40-62-65-66(59)72-61-34-18-12-28-52(61)67(65)51-27-11-17-33-60(51)71-62/h1-42H. The molecule has 7 heteroatoms. The van der Waals surface area contributed by atoms with Crippen LogP contribution in [0.1, 0.15) is 0 Å². The van der Waals surface area contributed by atoms with Gasteiger partial charge in [0.15, 0.2) is 8.07 Å². The van der Waals surface area contributed by atoms with E-state index in [4.69, 9.17) is 9.47 Å². The molecule has 2 aromatic heterocycles. The highest BCUT2D eigenvalue weighted by Crippen LogP contribution is 2.48.